The highest BCUT2D eigenvalue weighted by molar-refractivity contribution is 7.25. The van der Waals surface area contributed by atoms with Crippen LogP contribution in [0, 0.1) is 0 Å². The van der Waals surface area contributed by atoms with Crippen molar-refractivity contribution in [2.24, 2.45) is 0 Å². The third-order valence-corrected chi connectivity index (χ3v) is 14.1. The molecule has 1 heterocycles. The summed E-state index contributed by atoms with van der Waals surface area (Å²) in [6.07, 6.45) is 0. The molecule has 1 aromatic heterocycles. The Morgan fingerprint density at radius 2 is 0.682 bits per heavy atom. The molecule has 0 aliphatic heterocycles. The van der Waals surface area contributed by atoms with Crippen LogP contribution in [0.1, 0.15) is 0 Å². The Kier molecular flexibility index (Phi) is 10.1. The number of anilines is 3. The van der Waals surface area contributed by atoms with Gasteiger partial charge in [-0.05, 0) is 121 Å². The number of hydrogen-bond acceptors (Lipinski definition) is 2. The predicted octanol–water partition coefficient (Wildman–Crippen LogP) is 18.7. The van der Waals surface area contributed by atoms with Crippen molar-refractivity contribution in [3.05, 3.63) is 261 Å². The Labute approximate surface area is 389 Å². The van der Waals surface area contributed by atoms with Gasteiger partial charge >= 0.3 is 0 Å². The van der Waals surface area contributed by atoms with Crippen molar-refractivity contribution in [1.29, 1.82) is 0 Å². The van der Waals surface area contributed by atoms with E-state index < -0.39 is 0 Å². The number of nitrogens with zero attached hydrogens (tertiary/aromatic N) is 1. The Bertz CT molecular complexity index is 3670. The lowest BCUT2D eigenvalue weighted by Gasteiger charge is -2.29. The minimum absolute atomic E-state index is 1.08. The van der Waals surface area contributed by atoms with Crippen LogP contribution in [0.2, 0.25) is 0 Å². The zero-order valence-electron chi connectivity index (χ0n) is 36.2. The van der Waals surface area contributed by atoms with E-state index in [9.17, 15) is 0 Å². The molecule has 0 aliphatic carbocycles. The molecule has 0 fully saturated rings. The largest absolute Gasteiger partial charge is 0.310 e. The van der Waals surface area contributed by atoms with Gasteiger partial charge in [0, 0.05) is 37.1 Å². The van der Waals surface area contributed by atoms with Gasteiger partial charge in [-0.15, -0.1) is 11.3 Å². The summed E-state index contributed by atoms with van der Waals surface area (Å²) in [6, 6.07) is 95.1. The van der Waals surface area contributed by atoms with Gasteiger partial charge in [0.15, 0.2) is 0 Å². The molecule has 0 amide bonds. The quantitative estimate of drug-likeness (QED) is 0.140. The normalized spacial score (nSPS) is 11.3. The fourth-order valence-corrected chi connectivity index (χ4v) is 10.8. The molecule has 12 aromatic rings. The summed E-state index contributed by atoms with van der Waals surface area (Å²) in [5.41, 5.74) is 17.6. The van der Waals surface area contributed by atoms with Crippen LogP contribution in [0.5, 0.6) is 0 Å². The summed E-state index contributed by atoms with van der Waals surface area (Å²) in [5, 5.41) is 5.15. The smallest absolute Gasteiger partial charge is 0.0540 e. The second-order valence-electron chi connectivity index (χ2n) is 16.8. The van der Waals surface area contributed by atoms with Gasteiger partial charge in [0.25, 0.3) is 0 Å². The first kappa shape index (κ1) is 39.3. The zero-order chi connectivity index (χ0) is 43.8. The summed E-state index contributed by atoms with van der Waals surface area (Å²) in [7, 11) is 0. The Morgan fingerprint density at radius 1 is 0.242 bits per heavy atom. The molecule has 0 saturated heterocycles. The lowest BCUT2D eigenvalue weighted by molar-refractivity contribution is 1.28. The van der Waals surface area contributed by atoms with Gasteiger partial charge in [0.1, 0.15) is 0 Å². The summed E-state index contributed by atoms with van der Waals surface area (Å²) >= 11 is 1.86. The molecule has 0 N–H and O–H groups in total. The lowest BCUT2D eigenvalue weighted by atomic mass is 9.88. The minimum atomic E-state index is 1.08. The Hall–Kier alpha value is -8.30. The molecule has 12 rings (SSSR count). The number of thiophene rings is 1. The molecule has 66 heavy (non-hydrogen) atoms. The summed E-state index contributed by atoms with van der Waals surface area (Å²) < 4.78 is 2.64. The fourth-order valence-electron chi connectivity index (χ4n) is 9.69. The lowest BCUT2D eigenvalue weighted by Crippen LogP contribution is -2.11. The number of hydrogen-bond donors (Lipinski definition) is 0. The standard InChI is InChI=1S/C64H43NS/c1-2-15-47(16-3-1)55-20-6-7-21-56(55)57-22-8-9-23-58(57)59-24-10-12-27-62(59)65(52-40-35-46(36-41-52)50-37-42-64-61(43-50)60-25-11-13-28-63(60)66-64)51-38-33-45(34-39-51)44-29-31-49(32-30-44)54-26-14-18-48-17-4-5-19-53(48)54/h1-43H. The molecule has 0 saturated carbocycles. The van der Waals surface area contributed by atoms with Crippen LogP contribution < -0.4 is 4.90 Å². The molecule has 2 heteroatoms. The van der Waals surface area contributed by atoms with Crippen molar-refractivity contribution in [3.63, 3.8) is 0 Å². The molecular weight excluding hydrogens is 815 g/mol. The monoisotopic (exact) mass is 857 g/mol. The molecule has 0 radical (unpaired) electrons. The van der Waals surface area contributed by atoms with Crippen molar-refractivity contribution in [3.8, 4) is 66.8 Å². The van der Waals surface area contributed by atoms with E-state index in [4.69, 9.17) is 0 Å². The van der Waals surface area contributed by atoms with Crippen LogP contribution >= 0.6 is 11.3 Å². The van der Waals surface area contributed by atoms with Crippen LogP contribution in [0.25, 0.3) is 97.7 Å². The number of para-hydroxylation sites is 1. The highest BCUT2D eigenvalue weighted by Gasteiger charge is 2.21. The number of fused-ring (bicyclic) bond motifs is 4. The van der Waals surface area contributed by atoms with Gasteiger partial charge in [-0.25, -0.2) is 0 Å². The second-order valence-corrected chi connectivity index (χ2v) is 17.9. The number of rotatable bonds is 9. The van der Waals surface area contributed by atoms with E-state index in [-0.39, 0.29) is 0 Å². The van der Waals surface area contributed by atoms with Crippen molar-refractivity contribution < 1.29 is 0 Å². The van der Waals surface area contributed by atoms with Gasteiger partial charge in [0.2, 0.25) is 0 Å². The maximum atomic E-state index is 2.42. The van der Waals surface area contributed by atoms with Gasteiger partial charge in [-0.3, -0.25) is 0 Å². The minimum Gasteiger partial charge on any atom is -0.310 e. The third-order valence-electron chi connectivity index (χ3n) is 12.9. The highest BCUT2D eigenvalue weighted by Crippen LogP contribution is 2.46. The Morgan fingerprint density at radius 3 is 1.39 bits per heavy atom. The molecule has 310 valence electrons. The molecule has 1 nitrogen and oxygen atoms in total. The van der Waals surface area contributed by atoms with Crippen molar-refractivity contribution in [2.75, 3.05) is 4.90 Å². The van der Waals surface area contributed by atoms with Crippen LogP contribution in [-0.4, -0.2) is 0 Å². The molecule has 0 unspecified atom stereocenters. The van der Waals surface area contributed by atoms with Crippen molar-refractivity contribution in [1.82, 2.24) is 0 Å². The van der Waals surface area contributed by atoms with E-state index in [1.807, 2.05) is 11.3 Å². The van der Waals surface area contributed by atoms with E-state index in [1.165, 1.54) is 92.1 Å². The van der Waals surface area contributed by atoms with Crippen LogP contribution in [0.4, 0.5) is 17.1 Å². The second kappa shape index (κ2) is 17.0. The van der Waals surface area contributed by atoms with Crippen LogP contribution in [-0.2, 0) is 0 Å². The fraction of sp³-hybridized carbons (Fsp3) is 0. The van der Waals surface area contributed by atoms with Gasteiger partial charge in [0.05, 0.1) is 5.69 Å². The summed E-state index contributed by atoms with van der Waals surface area (Å²) in [4.78, 5) is 2.42. The first-order valence-electron chi connectivity index (χ1n) is 22.6. The first-order valence-corrected chi connectivity index (χ1v) is 23.4. The summed E-state index contributed by atoms with van der Waals surface area (Å²) in [5.74, 6) is 0. The van der Waals surface area contributed by atoms with Crippen LogP contribution in [0.15, 0.2) is 261 Å². The van der Waals surface area contributed by atoms with E-state index in [1.54, 1.807) is 0 Å². The van der Waals surface area contributed by atoms with E-state index in [0.29, 0.717) is 0 Å². The highest BCUT2D eigenvalue weighted by atomic mass is 32.1. The topological polar surface area (TPSA) is 3.24 Å². The SMILES string of the molecule is c1ccc(-c2ccccc2-c2ccccc2-c2ccccc2N(c2ccc(-c3ccc(-c4cccc5ccccc45)cc3)cc2)c2ccc(-c3ccc4sc5ccccc5c4c3)cc2)cc1. The predicted molar refractivity (Wildman–Crippen MR) is 284 cm³/mol. The molecule has 0 spiro atoms. The van der Waals surface area contributed by atoms with E-state index in [0.717, 1.165) is 22.6 Å². The Balaban J connectivity index is 0.958. The summed E-state index contributed by atoms with van der Waals surface area (Å²) in [6.45, 7) is 0. The number of benzene rings is 11. The van der Waals surface area contributed by atoms with Crippen LogP contribution in [0.3, 0.4) is 0 Å². The van der Waals surface area contributed by atoms with E-state index in [2.05, 4.69) is 266 Å². The van der Waals surface area contributed by atoms with Crippen molar-refractivity contribution in [2.45, 2.75) is 0 Å². The maximum Gasteiger partial charge on any atom is 0.0540 e. The van der Waals surface area contributed by atoms with Crippen molar-refractivity contribution >= 4 is 59.3 Å². The van der Waals surface area contributed by atoms with Gasteiger partial charge < -0.3 is 4.90 Å². The molecule has 0 atom stereocenters. The zero-order valence-corrected chi connectivity index (χ0v) is 37.0. The molecule has 11 aromatic carbocycles. The maximum absolute atomic E-state index is 2.42. The average molecular weight is 858 g/mol. The van der Waals surface area contributed by atoms with Gasteiger partial charge in [-0.1, -0.05) is 212 Å². The van der Waals surface area contributed by atoms with E-state index >= 15 is 0 Å². The third kappa shape index (κ3) is 7.24. The average Bonchev–Trinajstić information content (AvgIpc) is 3.78. The molecule has 0 bridgehead atoms. The molecular formula is C64H43NS. The molecule has 0 aliphatic rings. The van der Waals surface area contributed by atoms with Gasteiger partial charge in [-0.2, -0.15) is 0 Å². The first-order chi connectivity index (χ1) is 32.7.